The lowest BCUT2D eigenvalue weighted by atomic mass is 10.2. The Balaban J connectivity index is 1.98. The topological polar surface area (TPSA) is 102 Å². The van der Waals surface area contributed by atoms with Crippen molar-refractivity contribution in [2.75, 3.05) is 0 Å². The number of carbonyl (C=O) groups excluding carboxylic acids is 1. The number of aromatic nitrogens is 2. The second-order valence-corrected chi connectivity index (χ2v) is 3.44. The number of primary amides is 1. The van der Waals surface area contributed by atoms with Crippen LogP contribution in [0, 0.1) is 0 Å². The second-order valence-electron chi connectivity index (χ2n) is 3.44. The molecule has 0 spiro atoms. The van der Waals surface area contributed by atoms with E-state index < -0.39 is 6.03 Å². The molecule has 0 unspecified atom stereocenters. The Hall–Kier alpha value is -2.96. The number of hydrogen-bond acceptors (Lipinski definition) is 5. The number of amides is 2. The van der Waals surface area contributed by atoms with Crippen LogP contribution in [0.25, 0.3) is 0 Å². The number of benzene rings is 1. The number of ether oxygens (including phenoxy) is 1. The molecule has 96 valence electrons. The minimum Gasteiger partial charge on any atom is -0.424 e. The molecule has 0 radical (unpaired) electrons. The fourth-order valence-electron chi connectivity index (χ4n) is 1.24. The van der Waals surface area contributed by atoms with E-state index in [1.54, 1.807) is 42.7 Å². The molecule has 7 nitrogen and oxygen atoms in total. The highest BCUT2D eigenvalue weighted by Crippen LogP contribution is 2.16. The lowest BCUT2D eigenvalue weighted by Gasteiger charge is -2.02. The van der Waals surface area contributed by atoms with Crippen LogP contribution in [0.4, 0.5) is 4.79 Å². The fraction of sp³-hybridized carbons (Fsp3) is 0. The molecular weight excluding hydrogens is 246 g/mol. The molecule has 1 aromatic heterocycles. The van der Waals surface area contributed by atoms with Gasteiger partial charge in [-0.3, -0.25) is 0 Å². The van der Waals surface area contributed by atoms with Gasteiger partial charge in [-0.15, -0.1) is 0 Å². The summed E-state index contributed by atoms with van der Waals surface area (Å²) in [6.07, 6.45) is 4.66. The SMILES string of the molecule is NC(=O)NN=Cc1ccc(Oc2ncccn2)cc1. The molecule has 2 rings (SSSR count). The van der Waals surface area contributed by atoms with Crippen molar-refractivity contribution < 1.29 is 9.53 Å². The largest absolute Gasteiger partial charge is 0.424 e. The van der Waals surface area contributed by atoms with E-state index in [4.69, 9.17) is 10.5 Å². The molecule has 19 heavy (non-hydrogen) atoms. The first-order valence-electron chi connectivity index (χ1n) is 5.37. The van der Waals surface area contributed by atoms with E-state index in [1.165, 1.54) is 6.21 Å². The molecular formula is C12H11N5O2. The third-order valence-electron chi connectivity index (χ3n) is 2.02. The highest BCUT2D eigenvalue weighted by molar-refractivity contribution is 5.81. The molecule has 0 aliphatic heterocycles. The van der Waals surface area contributed by atoms with Crippen LogP contribution in [0.2, 0.25) is 0 Å². The maximum absolute atomic E-state index is 10.4. The van der Waals surface area contributed by atoms with Crippen LogP contribution in [0.15, 0.2) is 47.8 Å². The zero-order valence-corrected chi connectivity index (χ0v) is 9.85. The van der Waals surface area contributed by atoms with Gasteiger partial charge in [0.25, 0.3) is 0 Å². The fourth-order valence-corrected chi connectivity index (χ4v) is 1.24. The molecule has 0 atom stereocenters. The lowest BCUT2D eigenvalue weighted by Crippen LogP contribution is -2.24. The zero-order chi connectivity index (χ0) is 13.5. The smallest absolute Gasteiger partial charge is 0.332 e. The number of rotatable bonds is 4. The molecule has 2 amide bonds. The number of carbonyl (C=O) groups is 1. The van der Waals surface area contributed by atoms with Gasteiger partial charge in [-0.25, -0.2) is 20.2 Å². The summed E-state index contributed by atoms with van der Waals surface area (Å²) in [7, 11) is 0. The molecule has 0 bridgehead atoms. The number of hydrazone groups is 1. The van der Waals surface area contributed by atoms with E-state index in [0.717, 1.165) is 5.56 Å². The van der Waals surface area contributed by atoms with Gasteiger partial charge in [0.15, 0.2) is 0 Å². The van der Waals surface area contributed by atoms with Crippen molar-refractivity contribution in [1.82, 2.24) is 15.4 Å². The first kappa shape index (κ1) is 12.5. The van der Waals surface area contributed by atoms with Gasteiger partial charge >= 0.3 is 12.0 Å². The Morgan fingerprint density at radius 3 is 2.58 bits per heavy atom. The molecule has 7 heteroatoms. The van der Waals surface area contributed by atoms with Gasteiger partial charge in [-0.2, -0.15) is 5.10 Å². The van der Waals surface area contributed by atoms with E-state index in [0.29, 0.717) is 5.75 Å². The molecule has 2 aromatic rings. The van der Waals surface area contributed by atoms with Gasteiger partial charge in [-0.05, 0) is 35.9 Å². The van der Waals surface area contributed by atoms with Gasteiger partial charge in [0, 0.05) is 12.4 Å². The Bertz CT molecular complexity index is 568. The number of nitrogens with one attached hydrogen (secondary N) is 1. The van der Waals surface area contributed by atoms with Crippen LogP contribution in [-0.2, 0) is 0 Å². The summed E-state index contributed by atoms with van der Waals surface area (Å²) in [5.74, 6) is 0.603. The summed E-state index contributed by atoms with van der Waals surface area (Å²) in [5.41, 5.74) is 7.76. The standard InChI is InChI=1S/C12H11N5O2/c13-11(18)17-16-8-9-2-4-10(5-3-9)19-12-14-6-1-7-15-12/h1-8H,(H3,13,17,18). The zero-order valence-electron chi connectivity index (χ0n) is 9.85. The van der Waals surface area contributed by atoms with Crippen LogP contribution in [0.1, 0.15) is 5.56 Å². The molecule has 0 fully saturated rings. The predicted molar refractivity (Wildman–Crippen MR) is 68.9 cm³/mol. The molecule has 0 saturated carbocycles. The van der Waals surface area contributed by atoms with E-state index in [1.807, 2.05) is 0 Å². The number of hydrogen-bond donors (Lipinski definition) is 2. The van der Waals surface area contributed by atoms with E-state index in [9.17, 15) is 4.79 Å². The second kappa shape index (κ2) is 6.10. The monoisotopic (exact) mass is 257 g/mol. The first-order chi connectivity index (χ1) is 9.24. The average Bonchev–Trinajstić information content (AvgIpc) is 2.42. The molecule has 1 aromatic carbocycles. The van der Waals surface area contributed by atoms with Crippen molar-refractivity contribution in [2.24, 2.45) is 10.8 Å². The third-order valence-corrected chi connectivity index (χ3v) is 2.02. The van der Waals surface area contributed by atoms with Gasteiger partial charge in [0.1, 0.15) is 5.75 Å². The van der Waals surface area contributed by atoms with Crippen molar-refractivity contribution >= 4 is 12.2 Å². The quantitative estimate of drug-likeness (QED) is 0.635. The van der Waals surface area contributed by atoms with Crippen molar-refractivity contribution in [3.63, 3.8) is 0 Å². The number of nitrogens with zero attached hydrogens (tertiary/aromatic N) is 3. The molecule has 3 N–H and O–H groups in total. The Morgan fingerprint density at radius 1 is 1.26 bits per heavy atom. The summed E-state index contributed by atoms with van der Waals surface area (Å²) < 4.78 is 5.42. The summed E-state index contributed by atoms with van der Waals surface area (Å²) in [5, 5.41) is 3.64. The van der Waals surface area contributed by atoms with Crippen LogP contribution in [0.3, 0.4) is 0 Å². The Labute approximate surface area is 109 Å². The first-order valence-corrected chi connectivity index (χ1v) is 5.37. The van der Waals surface area contributed by atoms with Gasteiger partial charge in [-0.1, -0.05) is 0 Å². The highest BCUT2D eigenvalue weighted by Gasteiger charge is 1.98. The molecule has 0 saturated heterocycles. The minimum absolute atomic E-state index is 0.277. The summed E-state index contributed by atoms with van der Waals surface area (Å²) in [6.45, 7) is 0. The lowest BCUT2D eigenvalue weighted by molar-refractivity contribution is 0.249. The predicted octanol–water partition coefficient (Wildman–Crippen LogP) is 1.27. The van der Waals surface area contributed by atoms with Gasteiger partial charge in [0.05, 0.1) is 6.21 Å². The Kier molecular flexibility index (Phi) is 4.01. The van der Waals surface area contributed by atoms with Crippen LogP contribution < -0.4 is 15.9 Å². The Morgan fingerprint density at radius 2 is 1.95 bits per heavy atom. The van der Waals surface area contributed by atoms with Gasteiger partial charge in [0.2, 0.25) is 0 Å². The van der Waals surface area contributed by atoms with Crippen LogP contribution in [-0.4, -0.2) is 22.2 Å². The van der Waals surface area contributed by atoms with Crippen LogP contribution in [0.5, 0.6) is 11.8 Å². The summed E-state index contributed by atoms with van der Waals surface area (Å²) in [4.78, 5) is 18.3. The van der Waals surface area contributed by atoms with Crippen molar-refractivity contribution in [1.29, 1.82) is 0 Å². The molecule has 0 aliphatic rings. The summed E-state index contributed by atoms with van der Waals surface area (Å²) in [6, 6.07) is 8.29. The normalized spacial score (nSPS) is 10.3. The maximum atomic E-state index is 10.4. The van der Waals surface area contributed by atoms with Crippen LogP contribution >= 0.6 is 0 Å². The average molecular weight is 257 g/mol. The van der Waals surface area contributed by atoms with E-state index in [-0.39, 0.29) is 6.01 Å². The van der Waals surface area contributed by atoms with Crippen molar-refractivity contribution in [3.8, 4) is 11.8 Å². The third kappa shape index (κ3) is 4.08. The van der Waals surface area contributed by atoms with E-state index in [2.05, 4.69) is 20.5 Å². The number of nitrogens with two attached hydrogens (primary N) is 1. The van der Waals surface area contributed by atoms with E-state index >= 15 is 0 Å². The van der Waals surface area contributed by atoms with Gasteiger partial charge < -0.3 is 10.5 Å². The van der Waals surface area contributed by atoms with Crippen molar-refractivity contribution in [2.45, 2.75) is 0 Å². The molecule has 0 aliphatic carbocycles. The summed E-state index contributed by atoms with van der Waals surface area (Å²) >= 11 is 0. The number of urea groups is 1. The maximum Gasteiger partial charge on any atom is 0.332 e. The minimum atomic E-state index is -0.711. The highest BCUT2D eigenvalue weighted by atomic mass is 16.5. The molecule has 1 heterocycles. The van der Waals surface area contributed by atoms with Crippen molar-refractivity contribution in [3.05, 3.63) is 48.3 Å².